The Bertz CT molecular complexity index is 1320. The maximum Gasteiger partial charge on any atom is 0.338 e. The first-order chi connectivity index (χ1) is 15.8. The Balaban J connectivity index is 1.46. The second-order valence-corrected chi connectivity index (χ2v) is 8.00. The predicted octanol–water partition coefficient (Wildman–Crippen LogP) is 4.90. The summed E-state index contributed by atoms with van der Waals surface area (Å²) in [6.07, 6.45) is 0. The van der Waals surface area contributed by atoms with Crippen molar-refractivity contribution >= 4 is 58.3 Å². The molecule has 0 spiro atoms. The molecule has 1 aliphatic heterocycles. The molecule has 1 aliphatic rings. The molecule has 0 saturated carbocycles. The summed E-state index contributed by atoms with van der Waals surface area (Å²) in [4.78, 5) is 51.4. The van der Waals surface area contributed by atoms with Gasteiger partial charge in [0.1, 0.15) is 0 Å². The zero-order valence-electron chi connectivity index (χ0n) is 17.2. The van der Waals surface area contributed by atoms with Gasteiger partial charge in [-0.3, -0.25) is 14.4 Å². The summed E-state index contributed by atoms with van der Waals surface area (Å²) in [7, 11) is 0. The molecule has 166 valence electrons. The highest BCUT2D eigenvalue weighted by Crippen LogP contribution is 2.31. The fourth-order valence-electron chi connectivity index (χ4n) is 3.40. The molecule has 0 unspecified atom stereocenters. The second kappa shape index (κ2) is 9.05. The number of nitrogens with zero attached hydrogens (tertiary/aromatic N) is 1. The molecule has 0 aromatic heterocycles. The Morgan fingerprint density at radius 3 is 2.42 bits per heavy atom. The first-order valence-corrected chi connectivity index (χ1v) is 10.5. The zero-order valence-corrected chi connectivity index (χ0v) is 18.7. The van der Waals surface area contributed by atoms with Crippen LogP contribution in [0.25, 0.3) is 0 Å². The fourth-order valence-corrected chi connectivity index (χ4v) is 3.75. The average molecular weight is 483 g/mol. The van der Waals surface area contributed by atoms with E-state index in [2.05, 4.69) is 5.32 Å². The van der Waals surface area contributed by atoms with Crippen molar-refractivity contribution in [1.82, 2.24) is 0 Å². The third-order valence-corrected chi connectivity index (χ3v) is 5.86. The predicted molar refractivity (Wildman–Crippen MR) is 124 cm³/mol. The maximum atomic E-state index is 12.9. The number of carbonyl (C=O) groups is 4. The van der Waals surface area contributed by atoms with E-state index >= 15 is 0 Å². The van der Waals surface area contributed by atoms with Crippen molar-refractivity contribution < 1.29 is 23.9 Å². The largest absolute Gasteiger partial charge is 0.452 e. The number of carbonyl (C=O) groups excluding carboxylic acids is 4. The standard InChI is InChI=1S/C24H16Cl2N2O5/c1-13-5-2-3-8-19(13)28-22(30)15-10-9-14(11-16(15)23(28)31)24(32)33-12-20(29)27-18-7-4-6-17(25)21(18)26/h2-11H,12H2,1H3,(H,27,29). The van der Waals surface area contributed by atoms with Crippen LogP contribution in [0.2, 0.25) is 10.0 Å². The number of benzene rings is 3. The molecule has 0 saturated heterocycles. The molecule has 1 N–H and O–H groups in total. The van der Waals surface area contributed by atoms with Crippen molar-refractivity contribution in [1.29, 1.82) is 0 Å². The number of esters is 1. The van der Waals surface area contributed by atoms with E-state index in [4.69, 9.17) is 27.9 Å². The zero-order chi connectivity index (χ0) is 23.7. The van der Waals surface area contributed by atoms with E-state index in [0.717, 1.165) is 10.5 Å². The highest BCUT2D eigenvalue weighted by atomic mass is 35.5. The van der Waals surface area contributed by atoms with Gasteiger partial charge in [0.05, 0.1) is 38.1 Å². The first-order valence-electron chi connectivity index (χ1n) is 9.77. The summed E-state index contributed by atoms with van der Waals surface area (Å²) in [5.41, 5.74) is 1.83. The summed E-state index contributed by atoms with van der Waals surface area (Å²) in [5, 5.41) is 2.94. The van der Waals surface area contributed by atoms with Crippen molar-refractivity contribution in [3.05, 3.63) is 93.0 Å². The van der Waals surface area contributed by atoms with Gasteiger partial charge in [-0.05, 0) is 48.9 Å². The Kier molecular flexibility index (Phi) is 6.18. The van der Waals surface area contributed by atoms with Crippen LogP contribution in [0.3, 0.4) is 0 Å². The number of hydrogen-bond acceptors (Lipinski definition) is 5. The van der Waals surface area contributed by atoms with Crippen LogP contribution >= 0.6 is 23.2 Å². The molecular weight excluding hydrogens is 467 g/mol. The van der Waals surface area contributed by atoms with E-state index in [1.165, 1.54) is 18.2 Å². The highest BCUT2D eigenvalue weighted by molar-refractivity contribution is 6.44. The minimum atomic E-state index is -0.820. The Morgan fingerprint density at radius 1 is 0.939 bits per heavy atom. The normalized spacial score (nSPS) is 12.5. The molecule has 0 atom stereocenters. The molecule has 0 bridgehead atoms. The number of para-hydroxylation sites is 1. The summed E-state index contributed by atoms with van der Waals surface area (Å²) >= 11 is 11.9. The van der Waals surface area contributed by atoms with E-state index in [1.807, 2.05) is 6.07 Å². The van der Waals surface area contributed by atoms with Crippen LogP contribution in [-0.2, 0) is 9.53 Å². The fraction of sp³-hybridized carbons (Fsp3) is 0.0833. The molecule has 3 amide bonds. The number of halogens is 2. The molecule has 0 fully saturated rings. The van der Waals surface area contributed by atoms with Crippen LogP contribution in [-0.4, -0.2) is 30.3 Å². The Hall–Kier alpha value is -3.68. The lowest BCUT2D eigenvalue weighted by molar-refractivity contribution is -0.119. The van der Waals surface area contributed by atoms with E-state index in [1.54, 1.807) is 43.3 Å². The summed E-state index contributed by atoms with van der Waals surface area (Å²) in [6.45, 7) is 1.21. The van der Waals surface area contributed by atoms with Gasteiger partial charge in [-0.1, -0.05) is 47.5 Å². The minimum absolute atomic E-state index is 0.0371. The second-order valence-electron chi connectivity index (χ2n) is 7.22. The lowest BCUT2D eigenvalue weighted by Gasteiger charge is -2.16. The summed E-state index contributed by atoms with van der Waals surface area (Å²) < 4.78 is 5.05. The summed E-state index contributed by atoms with van der Waals surface area (Å²) in [6, 6.07) is 15.8. The van der Waals surface area contributed by atoms with Crippen LogP contribution in [0.1, 0.15) is 36.6 Å². The van der Waals surface area contributed by atoms with Crippen molar-refractivity contribution in [2.75, 3.05) is 16.8 Å². The van der Waals surface area contributed by atoms with Crippen molar-refractivity contribution in [2.45, 2.75) is 6.92 Å². The number of anilines is 2. The molecule has 7 nitrogen and oxygen atoms in total. The molecular formula is C24H16Cl2N2O5. The van der Waals surface area contributed by atoms with E-state index in [9.17, 15) is 19.2 Å². The van der Waals surface area contributed by atoms with Gasteiger partial charge >= 0.3 is 5.97 Å². The number of aryl methyl sites for hydroxylation is 1. The Morgan fingerprint density at radius 2 is 1.67 bits per heavy atom. The molecule has 1 heterocycles. The van der Waals surface area contributed by atoms with Gasteiger partial charge in [0.2, 0.25) is 0 Å². The van der Waals surface area contributed by atoms with E-state index in [-0.39, 0.29) is 32.4 Å². The molecule has 33 heavy (non-hydrogen) atoms. The average Bonchev–Trinajstić information content (AvgIpc) is 3.05. The van der Waals surface area contributed by atoms with Gasteiger partial charge in [0.25, 0.3) is 17.7 Å². The molecule has 3 aromatic carbocycles. The number of ether oxygens (including phenoxy) is 1. The van der Waals surface area contributed by atoms with Crippen LogP contribution in [0.15, 0.2) is 60.7 Å². The molecule has 0 aliphatic carbocycles. The number of hydrogen-bond donors (Lipinski definition) is 1. The monoisotopic (exact) mass is 482 g/mol. The van der Waals surface area contributed by atoms with Crippen molar-refractivity contribution in [3.8, 4) is 0 Å². The quantitative estimate of drug-likeness (QED) is 0.412. The highest BCUT2D eigenvalue weighted by Gasteiger charge is 2.37. The third-order valence-electron chi connectivity index (χ3n) is 5.04. The smallest absolute Gasteiger partial charge is 0.338 e. The minimum Gasteiger partial charge on any atom is -0.452 e. The van der Waals surface area contributed by atoms with Crippen LogP contribution in [0.4, 0.5) is 11.4 Å². The lowest BCUT2D eigenvalue weighted by Crippen LogP contribution is -2.29. The number of fused-ring (bicyclic) bond motifs is 1. The van der Waals surface area contributed by atoms with Gasteiger partial charge < -0.3 is 10.1 Å². The Labute approximate surface area is 198 Å². The first kappa shape index (κ1) is 22.5. The SMILES string of the molecule is Cc1ccccc1N1C(=O)c2ccc(C(=O)OCC(=O)Nc3cccc(Cl)c3Cl)cc2C1=O. The molecule has 4 rings (SSSR count). The van der Waals surface area contributed by atoms with Gasteiger partial charge in [-0.25, -0.2) is 9.69 Å². The lowest BCUT2D eigenvalue weighted by atomic mass is 10.1. The molecule has 9 heteroatoms. The number of imide groups is 1. The number of rotatable bonds is 5. The summed E-state index contributed by atoms with van der Waals surface area (Å²) in [5.74, 6) is -2.44. The third kappa shape index (κ3) is 4.33. The van der Waals surface area contributed by atoms with Gasteiger partial charge in [0, 0.05) is 0 Å². The van der Waals surface area contributed by atoms with Gasteiger partial charge in [-0.15, -0.1) is 0 Å². The van der Waals surface area contributed by atoms with Crippen LogP contribution in [0.5, 0.6) is 0 Å². The van der Waals surface area contributed by atoms with Crippen molar-refractivity contribution in [2.24, 2.45) is 0 Å². The number of amides is 3. The molecule has 0 radical (unpaired) electrons. The van der Waals surface area contributed by atoms with Crippen LogP contribution in [0, 0.1) is 6.92 Å². The van der Waals surface area contributed by atoms with Gasteiger partial charge in [0.15, 0.2) is 6.61 Å². The molecule has 3 aromatic rings. The topological polar surface area (TPSA) is 92.8 Å². The maximum absolute atomic E-state index is 12.9. The van der Waals surface area contributed by atoms with E-state index < -0.39 is 30.3 Å². The number of nitrogens with one attached hydrogen (secondary N) is 1. The van der Waals surface area contributed by atoms with Gasteiger partial charge in [-0.2, -0.15) is 0 Å². The van der Waals surface area contributed by atoms with Crippen LogP contribution < -0.4 is 10.2 Å². The van der Waals surface area contributed by atoms with Crippen molar-refractivity contribution in [3.63, 3.8) is 0 Å². The van der Waals surface area contributed by atoms with E-state index in [0.29, 0.717) is 5.69 Å².